The molecule has 1 rings (SSSR count). The molecule has 3 atom stereocenters. The van der Waals surface area contributed by atoms with Crippen LogP contribution < -0.4 is 0 Å². The number of oxime groups is 1. The van der Waals surface area contributed by atoms with Gasteiger partial charge in [0.25, 0.3) is 0 Å². The van der Waals surface area contributed by atoms with Gasteiger partial charge in [-0.25, -0.2) is 4.89 Å². The lowest BCUT2D eigenvalue weighted by atomic mass is 9.94. The second-order valence-electron chi connectivity index (χ2n) is 6.70. The van der Waals surface area contributed by atoms with Gasteiger partial charge in [-0.15, -0.1) is 0 Å². The second-order valence-corrected chi connectivity index (χ2v) is 6.70. The Morgan fingerprint density at radius 3 is 2.81 bits per heavy atom. The predicted molar refractivity (Wildman–Crippen MR) is 102 cm³/mol. The van der Waals surface area contributed by atoms with Crippen LogP contribution in [0.15, 0.2) is 29.5 Å². The SMILES string of the molecule is CCCCCCC(/C=C/[C@@H](C/C=C\CCCC(=O)O)C1CC=NO1)OO. The van der Waals surface area contributed by atoms with E-state index in [1.807, 2.05) is 18.2 Å². The van der Waals surface area contributed by atoms with E-state index in [1.54, 1.807) is 6.21 Å². The molecular weight excluding hydrogens is 334 g/mol. The Morgan fingerprint density at radius 1 is 1.31 bits per heavy atom. The average Bonchev–Trinajstić information content (AvgIpc) is 3.16. The Morgan fingerprint density at radius 2 is 2.15 bits per heavy atom. The molecule has 2 unspecified atom stereocenters. The van der Waals surface area contributed by atoms with E-state index in [9.17, 15) is 4.79 Å². The molecule has 0 bridgehead atoms. The lowest BCUT2D eigenvalue weighted by molar-refractivity contribution is -0.267. The molecule has 26 heavy (non-hydrogen) atoms. The van der Waals surface area contributed by atoms with Crippen molar-refractivity contribution < 1.29 is 24.9 Å². The van der Waals surface area contributed by atoms with Crippen molar-refractivity contribution in [3.63, 3.8) is 0 Å². The van der Waals surface area contributed by atoms with Crippen molar-refractivity contribution in [3.05, 3.63) is 24.3 Å². The third-order valence-electron chi connectivity index (χ3n) is 4.47. The normalized spacial score (nSPS) is 19.2. The van der Waals surface area contributed by atoms with Gasteiger partial charge in [0, 0.05) is 25.0 Å². The molecule has 0 saturated carbocycles. The van der Waals surface area contributed by atoms with Gasteiger partial charge in [0.1, 0.15) is 12.2 Å². The molecule has 0 aromatic rings. The van der Waals surface area contributed by atoms with Crippen molar-refractivity contribution in [2.75, 3.05) is 0 Å². The van der Waals surface area contributed by atoms with Crippen LogP contribution in [0.3, 0.4) is 0 Å². The van der Waals surface area contributed by atoms with Crippen LogP contribution in [-0.4, -0.2) is 34.8 Å². The highest BCUT2D eigenvalue weighted by Gasteiger charge is 2.22. The van der Waals surface area contributed by atoms with Crippen molar-refractivity contribution >= 4 is 12.2 Å². The lowest BCUT2D eigenvalue weighted by Gasteiger charge is -2.17. The third kappa shape index (κ3) is 10.4. The number of carboxylic acid groups (broad SMARTS) is 1. The van der Waals surface area contributed by atoms with Crippen molar-refractivity contribution in [1.82, 2.24) is 0 Å². The summed E-state index contributed by atoms with van der Waals surface area (Å²) in [5.74, 6) is -0.619. The second kappa shape index (κ2) is 14.5. The van der Waals surface area contributed by atoms with Gasteiger partial charge in [0.2, 0.25) is 0 Å². The van der Waals surface area contributed by atoms with Gasteiger partial charge in [-0.2, -0.15) is 0 Å². The quantitative estimate of drug-likeness (QED) is 0.185. The van der Waals surface area contributed by atoms with Crippen LogP contribution in [0.2, 0.25) is 0 Å². The van der Waals surface area contributed by atoms with E-state index in [0.29, 0.717) is 6.42 Å². The number of hydrogen-bond donors (Lipinski definition) is 2. The van der Waals surface area contributed by atoms with Crippen molar-refractivity contribution in [3.8, 4) is 0 Å². The van der Waals surface area contributed by atoms with E-state index >= 15 is 0 Å². The number of unbranched alkanes of at least 4 members (excludes halogenated alkanes) is 4. The third-order valence-corrected chi connectivity index (χ3v) is 4.47. The minimum atomic E-state index is -0.760. The number of aliphatic carboxylic acids is 1. The molecule has 0 amide bonds. The fourth-order valence-corrected chi connectivity index (χ4v) is 2.88. The first kappa shape index (κ1) is 22.4. The van der Waals surface area contributed by atoms with Crippen LogP contribution in [0.1, 0.15) is 71.1 Å². The van der Waals surface area contributed by atoms with Gasteiger partial charge in [-0.1, -0.05) is 62.1 Å². The Bertz CT molecular complexity index is 453. The highest BCUT2D eigenvalue weighted by molar-refractivity contribution is 5.66. The van der Waals surface area contributed by atoms with E-state index in [2.05, 4.69) is 23.0 Å². The van der Waals surface area contributed by atoms with Crippen molar-refractivity contribution in [2.24, 2.45) is 11.1 Å². The average molecular weight is 367 g/mol. The zero-order chi connectivity index (χ0) is 19.0. The molecule has 0 aromatic carbocycles. The number of carboxylic acids is 1. The first-order valence-corrected chi connectivity index (χ1v) is 9.70. The van der Waals surface area contributed by atoms with Crippen LogP contribution in [0.5, 0.6) is 0 Å². The van der Waals surface area contributed by atoms with Gasteiger partial charge in [-0.05, 0) is 25.7 Å². The van der Waals surface area contributed by atoms with Crippen LogP contribution in [0, 0.1) is 5.92 Å². The van der Waals surface area contributed by atoms with Gasteiger partial charge in [0.05, 0.1) is 0 Å². The highest BCUT2D eigenvalue weighted by Crippen LogP contribution is 2.22. The maximum atomic E-state index is 10.5. The van der Waals surface area contributed by atoms with E-state index in [4.69, 9.17) is 15.2 Å². The molecule has 0 radical (unpaired) electrons. The fraction of sp³-hybridized carbons (Fsp3) is 0.700. The van der Waals surface area contributed by atoms with Crippen LogP contribution in [0.4, 0.5) is 0 Å². The van der Waals surface area contributed by atoms with E-state index in [-0.39, 0.29) is 24.5 Å². The molecule has 1 heterocycles. The number of allylic oxidation sites excluding steroid dienone is 2. The molecule has 6 nitrogen and oxygen atoms in total. The Balaban J connectivity index is 2.45. The largest absolute Gasteiger partial charge is 0.481 e. The van der Waals surface area contributed by atoms with Crippen molar-refractivity contribution in [1.29, 1.82) is 0 Å². The molecule has 0 saturated heterocycles. The summed E-state index contributed by atoms with van der Waals surface area (Å²) >= 11 is 0. The summed E-state index contributed by atoms with van der Waals surface area (Å²) in [4.78, 5) is 20.5. The summed E-state index contributed by atoms with van der Waals surface area (Å²) < 4.78 is 0. The molecule has 1 aliphatic heterocycles. The van der Waals surface area contributed by atoms with Crippen LogP contribution in [0.25, 0.3) is 0 Å². The van der Waals surface area contributed by atoms with Gasteiger partial charge < -0.3 is 9.94 Å². The molecule has 0 aromatic heterocycles. The summed E-state index contributed by atoms with van der Waals surface area (Å²) in [7, 11) is 0. The smallest absolute Gasteiger partial charge is 0.303 e. The maximum Gasteiger partial charge on any atom is 0.303 e. The lowest BCUT2D eigenvalue weighted by Crippen LogP contribution is -2.18. The maximum absolute atomic E-state index is 10.5. The van der Waals surface area contributed by atoms with Gasteiger partial charge in [-0.3, -0.25) is 10.1 Å². The zero-order valence-electron chi connectivity index (χ0n) is 15.8. The number of hydrogen-bond acceptors (Lipinski definition) is 5. The first-order chi connectivity index (χ1) is 12.7. The molecule has 0 spiro atoms. The highest BCUT2D eigenvalue weighted by atomic mass is 17.1. The zero-order valence-corrected chi connectivity index (χ0v) is 15.8. The minimum absolute atomic E-state index is 0.00523. The fourth-order valence-electron chi connectivity index (χ4n) is 2.88. The first-order valence-electron chi connectivity index (χ1n) is 9.70. The molecule has 1 aliphatic rings. The number of nitrogens with zero attached hydrogens (tertiary/aromatic N) is 1. The van der Waals surface area contributed by atoms with E-state index < -0.39 is 5.97 Å². The predicted octanol–water partition coefficient (Wildman–Crippen LogP) is 4.96. The molecule has 0 fully saturated rings. The Hall–Kier alpha value is -1.66. The van der Waals surface area contributed by atoms with Gasteiger partial charge >= 0.3 is 5.97 Å². The van der Waals surface area contributed by atoms with E-state index in [1.165, 1.54) is 12.8 Å². The molecule has 2 N–H and O–H groups in total. The molecule has 0 aliphatic carbocycles. The van der Waals surface area contributed by atoms with Crippen LogP contribution >= 0.6 is 0 Å². The molecule has 148 valence electrons. The number of rotatable bonds is 15. The topological polar surface area (TPSA) is 88.4 Å². The monoisotopic (exact) mass is 367 g/mol. The van der Waals surface area contributed by atoms with Crippen molar-refractivity contribution in [2.45, 2.75) is 83.3 Å². The van der Waals surface area contributed by atoms with Gasteiger partial charge in [0.15, 0.2) is 0 Å². The summed E-state index contributed by atoms with van der Waals surface area (Å²) in [5, 5.41) is 21.6. The summed E-state index contributed by atoms with van der Waals surface area (Å²) in [6, 6.07) is 0. The summed E-state index contributed by atoms with van der Waals surface area (Å²) in [6.45, 7) is 2.17. The summed E-state index contributed by atoms with van der Waals surface area (Å²) in [6.07, 6.45) is 18.0. The standard InChI is InChI=1S/C20H33NO5/c1-2-3-4-8-11-18(26-24)14-13-17(19-15-16-21-25-19)10-7-5-6-9-12-20(22)23/h5,7,13-14,16-19,24H,2-4,6,8-12,15H2,1H3,(H,22,23)/b7-5-,14-13+/t17-,18?,19?/m1/s1. The Labute approximate surface area is 156 Å². The summed E-state index contributed by atoms with van der Waals surface area (Å²) in [5.41, 5.74) is 0. The minimum Gasteiger partial charge on any atom is -0.481 e. The molecule has 6 heteroatoms. The molecular formula is C20H33NO5. The van der Waals surface area contributed by atoms with E-state index in [0.717, 1.165) is 38.5 Å². The number of carbonyl (C=O) groups is 1. The Kier molecular flexibility index (Phi) is 12.5. The van der Waals surface area contributed by atoms with Crippen LogP contribution in [-0.2, 0) is 14.5 Å².